The van der Waals surface area contributed by atoms with Crippen molar-refractivity contribution in [1.29, 1.82) is 0 Å². The fourth-order valence-electron chi connectivity index (χ4n) is 1.63. The molecule has 1 rings (SSSR count). The van der Waals surface area contributed by atoms with Gasteiger partial charge in [0.2, 0.25) is 0 Å². The highest BCUT2D eigenvalue weighted by atomic mass is 16.6. The lowest BCUT2D eigenvalue weighted by atomic mass is 10.2. The molecule has 0 bridgehead atoms. The minimum absolute atomic E-state index is 0.0121. The van der Waals surface area contributed by atoms with Gasteiger partial charge in [0.15, 0.2) is 0 Å². The van der Waals surface area contributed by atoms with E-state index in [0.29, 0.717) is 31.1 Å². The molecule has 0 aliphatic heterocycles. The molecule has 1 heterocycles. The SMILES string of the molecule is COCCN(CCO)c1ncc([N+](=O)[O-])cc1C. The predicted molar refractivity (Wildman–Crippen MR) is 66.8 cm³/mol. The van der Waals surface area contributed by atoms with Crippen molar-refractivity contribution < 1.29 is 14.8 Å². The lowest BCUT2D eigenvalue weighted by Crippen LogP contribution is -2.31. The van der Waals surface area contributed by atoms with Gasteiger partial charge in [0.25, 0.3) is 5.69 Å². The summed E-state index contributed by atoms with van der Waals surface area (Å²) in [5.74, 6) is 0.631. The summed E-state index contributed by atoms with van der Waals surface area (Å²) in [4.78, 5) is 16.1. The van der Waals surface area contributed by atoms with Gasteiger partial charge in [0.1, 0.15) is 12.0 Å². The summed E-state index contributed by atoms with van der Waals surface area (Å²) >= 11 is 0. The van der Waals surface area contributed by atoms with E-state index in [0.717, 1.165) is 0 Å². The Hall–Kier alpha value is -1.73. The third-order valence-corrected chi connectivity index (χ3v) is 2.48. The zero-order chi connectivity index (χ0) is 13.5. The number of nitro groups is 1. The maximum Gasteiger partial charge on any atom is 0.287 e. The number of rotatable bonds is 7. The van der Waals surface area contributed by atoms with Crippen LogP contribution in [0.1, 0.15) is 5.56 Å². The molecule has 0 unspecified atom stereocenters. The molecule has 0 saturated carbocycles. The van der Waals surface area contributed by atoms with E-state index in [-0.39, 0.29) is 12.3 Å². The molecule has 100 valence electrons. The summed E-state index contributed by atoms with van der Waals surface area (Å²) in [5, 5.41) is 19.6. The van der Waals surface area contributed by atoms with Gasteiger partial charge < -0.3 is 14.7 Å². The normalized spacial score (nSPS) is 10.4. The topological polar surface area (TPSA) is 88.7 Å². The average molecular weight is 255 g/mol. The summed E-state index contributed by atoms with van der Waals surface area (Å²) in [6, 6.07) is 1.47. The summed E-state index contributed by atoms with van der Waals surface area (Å²) in [6.45, 7) is 3.23. The Morgan fingerprint density at radius 1 is 1.56 bits per heavy atom. The first-order valence-corrected chi connectivity index (χ1v) is 5.56. The van der Waals surface area contributed by atoms with Crippen molar-refractivity contribution in [3.05, 3.63) is 27.9 Å². The van der Waals surface area contributed by atoms with Gasteiger partial charge in [-0.05, 0) is 12.5 Å². The minimum atomic E-state index is -0.477. The molecule has 0 spiro atoms. The standard InChI is InChI=1S/C11H17N3O4/c1-9-7-10(14(16)17)8-12-11(9)13(3-5-15)4-6-18-2/h7-8,15H,3-6H2,1-2H3. The fourth-order valence-corrected chi connectivity index (χ4v) is 1.63. The van der Waals surface area contributed by atoms with Gasteiger partial charge in [-0.2, -0.15) is 0 Å². The van der Waals surface area contributed by atoms with Crippen LogP contribution in [0.25, 0.3) is 0 Å². The number of aliphatic hydroxyl groups is 1. The van der Waals surface area contributed by atoms with Crippen molar-refractivity contribution in [3.63, 3.8) is 0 Å². The van der Waals surface area contributed by atoms with Crippen LogP contribution >= 0.6 is 0 Å². The van der Waals surface area contributed by atoms with Gasteiger partial charge in [-0.25, -0.2) is 4.98 Å². The van der Waals surface area contributed by atoms with Crippen LogP contribution in [0.4, 0.5) is 11.5 Å². The highest BCUT2D eigenvalue weighted by Gasteiger charge is 2.14. The number of anilines is 1. The van der Waals surface area contributed by atoms with Crippen LogP contribution in [0.15, 0.2) is 12.3 Å². The number of nitrogens with zero attached hydrogens (tertiary/aromatic N) is 3. The molecule has 0 atom stereocenters. The van der Waals surface area contributed by atoms with Crippen molar-refractivity contribution in [1.82, 2.24) is 4.98 Å². The Balaban J connectivity index is 2.93. The van der Waals surface area contributed by atoms with E-state index >= 15 is 0 Å². The summed E-state index contributed by atoms with van der Waals surface area (Å²) < 4.78 is 4.98. The molecular weight excluding hydrogens is 238 g/mol. The second kappa shape index (κ2) is 6.87. The molecule has 0 aliphatic rings. The lowest BCUT2D eigenvalue weighted by molar-refractivity contribution is -0.385. The first-order valence-electron chi connectivity index (χ1n) is 5.56. The Morgan fingerprint density at radius 2 is 2.28 bits per heavy atom. The van der Waals surface area contributed by atoms with Gasteiger partial charge in [0.05, 0.1) is 18.1 Å². The summed E-state index contributed by atoms with van der Waals surface area (Å²) in [7, 11) is 1.59. The van der Waals surface area contributed by atoms with E-state index in [1.807, 2.05) is 4.90 Å². The van der Waals surface area contributed by atoms with Crippen LogP contribution in [-0.2, 0) is 4.74 Å². The fraction of sp³-hybridized carbons (Fsp3) is 0.545. The van der Waals surface area contributed by atoms with E-state index < -0.39 is 4.92 Å². The van der Waals surface area contributed by atoms with Gasteiger partial charge in [-0.3, -0.25) is 10.1 Å². The highest BCUT2D eigenvalue weighted by molar-refractivity contribution is 5.50. The summed E-state index contributed by atoms with van der Waals surface area (Å²) in [5.41, 5.74) is 0.667. The molecule has 0 fully saturated rings. The van der Waals surface area contributed by atoms with Gasteiger partial charge in [0, 0.05) is 26.3 Å². The molecule has 7 nitrogen and oxygen atoms in total. The number of aryl methyl sites for hydroxylation is 1. The number of aromatic nitrogens is 1. The zero-order valence-electron chi connectivity index (χ0n) is 10.5. The van der Waals surface area contributed by atoms with Gasteiger partial charge >= 0.3 is 0 Å². The van der Waals surface area contributed by atoms with E-state index in [9.17, 15) is 10.1 Å². The monoisotopic (exact) mass is 255 g/mol. The van der Waals surface area contributed by atoms with E-state index in [2.05, 4.69) is 4.98 Å². The molecule has 1 N–H and O–H groups in total. The second-order valence-corrected chi connectivity index (χ2v) is 3.79. The molecule has 0 radical (unpaired) electrons. The summed E-state index contributed by atoms with van der Waals surface area (Å²) in [6.07, 6.45) is 1.22. The zero-order valence-corrected chi connectivity index (χ0v) is 10.5. The van der Waals surface area contributed by atoms with Crippen LogP contribution < -0.4 is 4.90 Å². The van der Waals surface area contributed by atoms with E-state index in [4.69, 9.17) is 9.84 Å². The molecule has 0 amide bonds. The first kappa shape index (κ1) is 14.3. The van der Waals surface area contributed by atoms with Crippen molar-refractivity contribution in [2.45, 2.75) is 6.92 Å². The maximum absolute atomic E-state index is 10.6. The van der Waals surface area contributed by atoms with Crippen molar-refractivity contribution >= 4 is 11.5 Å². The van der Waals surface area contributed by atoms with Crippen LogP contribution in [0, 0.1) is 17.0 Å². The molecule has 1 aromatic rings. The third kappa shape index (κ3) is 3.64. The average Bonchev–Trinajstić information content (AvgIpc) is 2.34. The van der Waals surface area contributed by atoms with Crippen LogP contribution in [0.2, 0.25) is 0 Å². The van der Waals surface area contributed by atoms with E-state index in [1.165, 1.54) is 12.3 Å². The van der Waals surface area contributed by atoms with E-state index in [1.54, 1.807) is 14.0 Å². The number of aliphatic hydroxyl groups excluding tert-OH is 1. The number of methoxy groups -OCH3 is 1. The van der Waals surface area contributed by atoms with Crippen molar-refractivity contribution in [2.75, 3.05) is 38.3 Å². The Bertz CT molecular complexity index is 411. The first-order chi connectivity index (χ1) is 8.60. The van der Waals surface area contributed by atoms with Crippen LogP contribution in [0.3, 0.4) is 0 Å². The third-order valence-electron chi connectivity index (χ3n) is 2.48. The Morgan fingerprint density at radius 3 is 2.78 bits per heavy atom. The molecular formula is C11H17N3O4. The maximum atomic E-state index is 10.6. The Kier molecular flexibility index (Phi) is 5.47. The molecule has 0 aliphatic carbocycles. The minimum Gasteiger partial charge on any atom is -0.395 e. The molecule has 1 aromatic heterocycles. The lowest BCUT2D eigenvalue weighted by Gasteiger charge is -2.23. The molecule has 7 heteroatoms. The number of hydrogen-bond acceptors (Lipinski definition) is 6. The van der Waals surface area contributed by atoms with Crippen LogP contribution in [0.5, 0.6) is 0 Å². The predicted octanol–water partition coefficient (Wildman–Crippen LogP) is 0.743. The van der Waals surface area contributed by atoms with Crippen molar-refractivity contribution in [3.8, 4) is 0 Å². The quantitative estimate of drug-likeness (QED) is 0.571. The van der Waals surface area contributed by atoms with Crippen LogP contribution in [-0.4, -0.2) is 48.4 Å². The molecule has 18 heavy (non-hydrogen) atoms. The van der Waals surface area contributed by atoms with Crippen molar-refractivity contribution in [2.24, 2.45) is 0 Å². The largest absolute Gasteiger partial charge is 0.395 e. The highest BCUT2D eigenvalue weighted by Crippen LogP contribution is 2.21. The number of hydrogen-bond donors (Lipinski definition) is 1. The molecule has 0 aromatic carbocycles. The number of ether oxygens (including phenoxy) is 1. The van der Waals surface area contributed by atoms with Gasteiger partial charge in [-0.1, -0.05) is 0 Å². The smallest absolute Gasteiger partial charge is 0.287 e. The number of pyridine rings is 1. The second-order valence-electron chi connectivity index (χ2n) is 3.79. The van der Waals surface area contributed by atoms with Gasteiger partial charge in [-0.15, -0.1) is 0 Å². The molecule has 0 saturated heterocycles. The Labute approximate surface area is 105 Å².